The van der Waals surface area contributed by atoms with Crippen molar-refractivity contribution in [2.75, 3.05) is 11.1 Å². The van der Waals surface area contributed by atoms with Crippen molar-refractivity contribution in [2.45, 2.75) is 30.8 Å². The van der Waals surface area contributed by atoms with Crippen LogP contribution in [0.15, 0.2) is 59.8 Å². The van der Waals surface area contributed by atoms with Crippen molar-refractivity contribution in [1.82, 2.24) is 14.8 Å². The van der Waals surface area contributed by atoms with E-state index in [0.29, 0.717) is 22.3 Å². The lowest BCUT2D eigenvalue weighted by molar-refractivity contribution is -0.113. The Morgan fingerprint density at radius 2 is 1.89 bits per heavy atom. The Labute approximate surface area is 167 Å². The lowest BCUT2D eigenvalue weighted by Crippen LogP contribution is -2.15. The first-order valence-corrected chi connectivity index (χ1v) is 10.1. The van der Waals surface area contributed by atoms with E-state index in [4.69, 9.17) is 0 Å². The molecule has 0 bridgehead atoms. The maximum absolute atomic E-state index is 12.4. The quantitative estimate of drug-likeness (QED) is 0.484. The summed E-state index contributed by atoms with van der Waals surface area (Å²) in [7, 11) is 0. The predicted molar refractivity (Wildman–Crippen MR) is 109 cm³/mol. The van der Waals surface area contributed by atoms with Gasteiger partial charge in [0.25, 0.3) is 0 Å². The molecule has 2 aromatic carbocycles. The van der Waals surface area contributed by atoms with Crippen molar-refractivity contribution in [3.05, 3.63) is 66.0 Å². The molecule has 1 aromatic heterocycles. The molecule has 4 rings (SSSR count). The maximum Gasteiger partial charge on any atom is 0.234 e. The van der Waals surface area contributed by atoms with Gasteiger partial charge in [-0.3, -0.25) is 14.2 Å². The average molecular weight is 392 g/mol. The first-order valence-electron chi connectivity index (χ1n) is 9.16. The van der Waals surface area contributed by atoms with Gasteiger partial charge in [-0.05, 0) is 44.0 Å². The van der Waals surface area contributed by atoms with Gasteiger partial charge in [0.05, 0.1) is 5.75 Å². The maximum atomic E-state index is 12.4. The van der Waals surface area contributed by atoms with Crippen LogP contribution in [0.4, 0.5) is 5.69 Å². The number of hydrogen-bond donors (Lipinski definition) is 1. The highest BCUT2D eigenvalue weighted by molar-refractivity contribution is 7.99. The molecule has 0 unspecified atom stereocenters. The standard InChI is InChI=1S/C21H20N4O2S/c1-14(26)16-6-5-7-17(12-16)22-19(27)13-28-21-24-23-20(15-10-11-15)25(21)18-8-3-2-4-9-18/h2-9,12,15H,10-11,13H2,1H3,(H,22,27). The zero-order valence-corrected chi connectivity index (χ0v) is 16.3. The minimum Gasteiger partial charge on any atom is -0.325 e. The second-order valence-electron chi connectivity index (χ2n) is 6.76. The monoisotopic (exact) mass is 392 g/mol. The summed E-state index contributed by atoms with van der Waals surface area (Å²) in [6.45, 7) is 1.50. The molecule has 0 saturated heterocycles. The van der Waals surface area contributed by atoms with Crippen molar-refractivity contribution >= 4 is 29.1 Å². The first kappa shape index (κ1) is 18.4. The highest BCUT2D eigenvalue weighted by atomic mass is 32.2. The van der Waals surface area contributed by atoms with Crippen LogP contribution in [0, 0.1) is 0 Å². The van der Waals surface area contributed by atoms with Crippen LogP contribution < -0.4 is 5.32 Å². The Balaban J connectivity index is 1.47. The highest BCUT2D eigenvalue weighted by Crippen LogP contribution is 2.41. The van der Waals surface area contributed by atoms with Crippen LogP contribution in [-0.4, -0.2) is 32.2 Å². The highest BCUT2D eigenvalue weighted by Gasteiger charge is 2.31. The number of anilines is 1. The molecular weight excluding hydrogens is 372 g/mol. The SMILES string of the molecule is CC(=O)c1cccc(NC(=O)CSc2nnc(C3CC3)n2-c2ccccc2)c1. The first-order chi connectivity index (χ1) is 13.6. The van der Waals surface area contributed by atoms with Gasteiger partial charge in [0, 0.05) is 22.9 Å². The number of hydrogen-bond acceptors (Lipinski definition) is 5. The van der Waals surface area contributed by atoms with Crippen LogP contribution in [0.25, 0.3) is 5.69 Å². The number of nitrogens with zero attached hydrogens (tertiary/aromatic N) is 3. The Morgan fingerprint density at radius 3 is 2.61 bits per heavy atom. The Kier molecular flexibility index (Phi) is 5.25. The summed E-state index contributed by atoms with van der Waals surface area (Å²) in [4.78, 5) is 23.9. The molecule has 1 amide bonds. The number of amides is 1. The molecule has 0 atom stereocenters. The number of carbonyl (C=O) groups excluding carboxylic acids is 2. The molecular formula is C21H20N4O2S. The van der Waals surface area contributed by atoms with Gasteiger partial charge in [-0.15, -0.1) is 10.2 Å². The third-order valence-corrected chi connectivity index (χ3v) is 5.43. The van der Waals surface area contributed by atoms with Crippen LogP contribution in [-0.2, 0) is 4.79 Å². The van der Waals surface area contributed by atoms with E-state index in [1.54, 1.807) is 24.3 Å². The fraction of sp³-hybridized carbons (Fsp3) is 0.238. The van der Waals surface area contributed by atoms with Crippen molar-refractivity contribution in [2.24, 2.45) is 0 Å². The van der Waals surface area contributed by atoms with Crippen molar-refractivity contribution in [3.8, 4) is 5.69 Å². The summed E-state index contributed by atoms with van der Waals surface area (Å²) in [5, 5.41) is 12.2. The summed E-state index contributed by atoms with van der Waals surface area (Å²) in [6.07, 6.45) is 2.26. The summed E-state index contributed by atoms with van der Waals surface area (Å²) in [6, 6.07) is 16.9. The van der Waals surface area contributed by atoms with Gasteiger partial charge in [-0.2, -0.15) is 0 Å². The number of aromatic nitrogens is 3. The molecule has 1 saturated carbocycles. The molecule has 1 aliphatic carbocycles. The summed E-state index contributed by atoms with van der Waals surface area (Å²) < 4.78 is 2.05. The fourth-order valence-electron chi connectivity index (χ4n) is 2.94. The number of benzene rings is 2. The molecule has 3 aromatic rings. The van der Waals surface area contributed by atoms with E-state index < -0.39 is 0 Å². The molecule has 142 valence electrons. The number of ketones is 1. The van der Waals surface area contributed by atoms with E-state index in [0.717, 1.165) is 24.4 Å². The number of carbonyl (C=O) groups is 2. The van der Waals surface area contributed by atoms with Crippen molar-refractivity contribution in [3.63, 3.8) is 0 Å². The lowest BCUT2D eigenvalue weighted by atomic mass is 10.1. The van der Waals surface area contributed by atoms with E-state index in [9.17, 15) is 9.59 Å². The minimum absolute atomic E-state index is 0.0333. The van der Waals surface area contributed by atoms with E-state index in [2.05, 4.69) is 15.5 Å². The number of nitrogens with one attached hydrogen (secondary N) is 1. The molecule has 1 fully saturated rings. The topological polar surface area (TPSA) is 76.9 Å². The second kappa shape index (κ2) is 7.98. The van der Waals surface area contributed by atoms with Gasteiger partial charge in [0.2, 0.25) is 5.91 Å². The lowest BCUT2D eigenvalue weighted by Gasteiger charge is -2.10. The Bertz CT molecular complexity index is 1010. The van der Waals surface area contributed by atoms with Gasteiger partial charge in [-0.1, -0.05) is 42.1 Å². The van der Waals surface area contributed by atoms with Gasteiger partial charge < -0.3 is 5.32 Å². The number of thioether (sulfide) groups is 1. The predicted octanol–water partition coefficient (Wildman–Crippen LogP) is 4.08. The molecule has 0 radical (unpaired) electrons. The van der Waals surface area contributed by atoms with Crippen molar-refractivity contribution < 1.29 is 9.59 Å². The van der Waals surface area contributed by atoms with Gasteiger partial charge in [-0.25, -0.2) is 0 Å². The smallest absolute Gasteiger partial charge is 0.234 e. The minimum atomic E-state index is -0.152. The van der Waals surface area contributed by atoms with Gasteiger partial charge >= 0.3 is 0 Å². The molecule has 0 spiro atoms. The normalized spacial score (nSPS) is 13.3. The zero-order valence-electron chi connectivity index (χ0n) is 15.5. The third-order valence-electron chi connectivity index (χ3n) is 4.50. The second-order valence-corrected chi connectivity index (χ2v) is 7.70. The fourth-order valence-corrected chi connectivity index (χ4v) is 3.70. The molecule has 7 heteroatoms. The van der Waals surface area contributed by atoms with Crippen LogP contribution in [0.5, 0.6) is 0 Å². The number of Topliss-reactive ketones (excluding diaryl/α,β-unsaturated/α-hetero) is 1. The van der Waals surface area contributed by atoms with E-state index >= 15 is 0 Å². The summed E-state index contributed by atoms with van der Waals surface area (Å²) in [5.41, 5.74) is 2.19. The van der Waals surface area contributed by atoms with Crippen LogP contribution in [0.3, 0.4) is 0 Å². The van der Waals surface area contributed by atoms with Gasteiger partial charge in [0.15, 0.2) is 10.9 Å². The Hall–Kier alpha value is -2.93. The summed E-state index contributed by atoms with van der Waals surface area (Å²) >= 11 is 1.36. The zero-order chi connectivity index (χ0) is 19.5. The van der Waals surface area contributed by atoms with E-state index in [-0.39, 0.29) is 17.4 Å². The van der Waals surface area contributed by atoms with E-state index in [1.807, 2.05) is 34.9 Å². The van der Waals surface area contributed by atoms with Gasteiger partial charge in [0.1, 0.15) is 5.82 Å². The van der Waals surface area contributed by atoms with Crippen LogP contribution in [0.1, 0.15) is 41.9 Å². The van der Waals surface area contributed by atoms with Crippen molar-refractivity contribution in [1.29, 1.82) is 0 Å². The molecule has 1 aliphatic rings. The number of para-hydroxylation sites is 1. The van der Waals surface area contributed by atoms with E-state index in [1.165, 1.54) is 18.7 Å². The third kappa shape index (κ3) is 4.14. The number of rotatable bonds is 7. The van der Waals surface area contributed by atoms with Crippen LogP contribution in [0.2, 0.25) is 0 Å². The largest absolute Gasteiger partial charge is 0.325 e. The molecule has 1 heterocycles. The molecule has 28 heavy (non-hydrogen) atoms. The average Bonchev–Trinajstić information content (AvgIpc) is 3.46. The molecule has 1 N–H and O–H groups in total. The Morgan fingerprint density at radius 1 is 1.11 bits per heavy atom. The van der Waals surface area contributed by atoms with Crippen LogP contribution >= 0.6 is 11.8 Å². The molecule has 6 nitrogen and oxygen atoms in total. The summed E-state index contributed by atoms with van der Waals surface area (Å²) in [5.74, 6) is 1.43. The molecule has 0 aliphatic heterocycles.